The van der Waals surface area contributed by atoms with Gasteiger partial charge in [0.05, 0.1) is 17.3 Å². The summed E-state index contributed by atoms with van der Waals surface area (Å²) in [5.41, 5.74) is 6.51. The van der Waals surface area contributed by atoms with Crippen LogP contribution in [0.25, 0.3) is 5.70 Å². The number of allylic oxidation sites excluding steroid dienone is 2. The van der Waals surface area contributed by atoms with Gasteiger partial charge in [-0.05, 0) is 78.7 Å². The molecule has 0 fully saturated rings. The minimum absolute atomic E-state index is 0.146. The van der Waals surface area contributed by atoms with Gasteiger partial charge in [0, 0.05) is 6.20 Å². The van der Waals surface area contributed by atoms with Crippen LogP contribution in [0.2, 0.25) is 0 Å². The normalized spacial score (nSPS) is 16.9. The van der Waals surface area contributed by atoms with E-state index in [1.807, 2.05) is 12.3 Å². The van der Waals surface area contributed by atoms with E-state index in [4.69, 9.17) is 4.98 Å². The van der Waals surface area contributed by atoms with Crippen molar-refractivity contribution in [1.29, 1.82) is 0 Å². The minimum atomic E-state index is -4.35. The van der Waals surface area contributed by atoms with Crippen molar-refractivity contribution in [2.75, 3.05) is 4.90 Å². The minimum Gasteiger partial charge on any atom is -0.318 e. The molecule has 1 aliphatic heterocycles. The monoisotopic (exact) mass is 484 g/mol. The molecule has 0 bridgehead atoms. The summed E-state index contributed by atoms with van der Waals surface area (Å²) in [7, 11) is 0. The molecule has 2 nitrogen and oxygen atoms in total. The largest absolute Gasteiger partial charge is 0.416 e. The zero-order chi connectivity index (χ0) is 25.6. The zero-order valence-corrected chi connectivity index (χ0v) is 21.8. The van der Waals surface area contributed by atoms with Crippen LogP contribution < -0.4 is 4.90 Å². The highest BCUT2D eigenvalue weighted by Gasteiger charge is 2.37. The van der Waals surface area contributed by atoms with Crippen LogP contribution >= 0.6 is 0 Å². The van der Waals surface area contributed by atoms with E-state index in [9.17, 15) is 13.2 Å². The average Bonchev–Trinajstić information content (AvgIpc) is 2.83. The SMILES string of the molecule is CCCC1=C(CCC)C(CCC)N(c2ncccc2C)C(c2ccc(C(F)(F)F)cc2)=C1CCC. The molecule has 1 unspecified atom stereocenters. The molecule has 5 heteroatoms. The molecule has 0 saturated carbocycles. The zero-order valence-electron chi connectivity index (χ0n) is 21.8. The molecule has 1 aromatic heterocycles. The number of pyridine rings is 1. The number of alkyl halides is 3. The highest BCUT2D eigenvalue weighted by atomic mass is 19.4. The number of halogens is 3. The van der Waals surface area contributed by atoms with Crippen LogP contribution in [-0.2, 0) is 6.18 Å². The fourth-order valence-corrected chi connectivity index (χ4v) is 5.35. The van der Waals surface area contributed by atoms with E-state index in [1.165, 1.54) is 28.9 Å². The topological polar surface area (TPSA) is 16.1 Å². The smallest absolute Gasteiger partial charge is 0.318 e. The van der Waals surface area contributed by atoms with Gasteiger partial charge in [0.25, 0.3) is 0 Å². The summed E-state index contributed by atoms with van der Waals surface area (Å²) in [6.45, 7) is 10.9. The first kappa shape index (κ1) is 27.0. The molecule has 190 valence electrons. The summed E-state index contributed by atoms with van der Waals surface area (Å²) in [5.74, 6) is 0.901. The lowest BCUT2D eigenvalue weighted by molar-refractivity contribution is -0.137. The Morgan fingerprint density at radius 1 is 0.829 bits per heavy atom. The van der Waals surface area contributed by atoms with Gasteiger partial charge >= 0.3 is 6.18 Å². The van der Waals surface area contributed by atoms with Crippen molar-refractivity contribution in [1.82, 2.24) is 4.98 Å². The van der Waals surface area contributed by atoms with Crippen LogP contribution in [0.5, 0.6) is 0 Å². The first-order valence-electron chi connectivity index (χ1n) is 13.1. The molecule has 0 aliphatic carbocycles. The van der Waals surface area contributed by atoms with E-state index in [0.717, 1.165) is 74.0 Å². The fraction of sp³-hybridized carbons (Fsp3) is 0.500. The van der Waals surface area contributed by atoms with Gasteiger partial charge in [0.1, 0.15) is 5.82 Å². The Morgan fingerprint density at radius 3 is 2.00 bits per heavy atom. The van der Waals surface area contributed by atoms with Crippen molar-refractivity contribution in [2.45, 2.75) is 98.2 Å². The lowest BCUT2D eigenvalue weighted by atomic mass is 9.79. The fourth-order valence-electron chi connectivity index (χ4n) is 5.35. The predicted molar refractivity (Wildman–Crippen MR) is 140 cm³/mol. The molecule has 1 atom stereocenters. The highest BCUT2D eigenvalue weighted by Crippen LogP contribution is 2.46. The number of nitrogens with zero attached hydrogens (tertiary/aromatic N) is 2. The Hall–Kier alpha value is -2.56. The summed E-state index contributed by atoms with van der Waals surface area (Å²) >= 11 is 0. The van der Waals surface area contributed by atoms with Crippen LogP contribution in [0, 0.1) is 6.92 Å². The van der Waals surface area contributed by atoms with E-state index < -0.39 is 11.7 Å². The second-order valence-corrected chi connectivity index (χ2v) is 9.47. The van der Waals surface area contributed by atoms with Gasteiger partial charge in [-0.2, -0.15) is 13.2 Å². The maximum Gasteiger partial charge on any atom is 0.416 e. The molecule has 0 amide bonds. The maximum absolute atomic E-state index is 13.4. The third-order valence-electron chi connectivity index (χ3n) is 6.77. The number of aryl methyl sites for hydroxylation is 1. The molecule has 2 aromatic rings. The summed E-state index contributed by atoms with van der Waals surface area (Å²) in [5, 5.41) is 0. The third-order valence-corrected chi connectivity index (χ3v) is 6.77. The van der Waals surface area contributed by atoms with Gasteiger partial charge in [0.15, 0.2) is 0 Å². The molecule has 0 spiro atoms. The van der Waals surface area contributed by atoms with E-state index in [-0.39, 0.29) is 6.04 Å². The van der Waals surface area contributed by atoms with Crippen LogP contribution in [0.3, 0.4) is 0 Å². The predicted octanol–water partition coefficient (Wildman–Crippen LogP) is 9.51. The van der Waals surface area contributed by atoms with Crippen molar-refractivity contribution >= 4 is 11.5 Å². The van der Waals surface area contributed by atoms with Crippen molar-refractivity contribution in [2.24, 2.45) is 0 Å². The highest BCUT2D eigenvalue weighted by molar-refractivity contribution is 5.87. The van der Waals surface area contributed by atoms with Crippen molar-refractivity contribution in [3.05, 3.63) is 76.0 Å². The average molecular weight is 485 g/mol. The lowest BCUT2D eigenvalue weighted by Crippen LogP contribution is -2.41. The first-order chi connectivity index (χ1) is 16.8. The number of aromatic nitrogens is 1. The molecular formula is C30H39F3N2. The Balaban J connectivity index is 2.38. The molecule has 0 saturated heterocycles. The summed E-state index contributed by atoms with van der Waals surface area (Å²) in [6, 6.07) is 9.89. The number of anilines is 1. The molecule has 0 N–H and O–H groups in total. The molecule has 35 heavy (non-hydrogen) atoms. The van der Waals surface area contributed by atoms with Gasteiger partial charge in [-0.25, -0.2) is 4.98 Å². The number of hydrogen-bond donors (Lipinski definition) is 0. The quantitative estimate of drug-likeness (QED) is 0.334. The maximum atomic E-state index is 13.4. The second kappa shape index (κ2) is 11.9. The lowest BCUT2D eigenvalue weighted by Gasteiger charge is -2.44. The second-order valence-electron chi connectivity index (χ2n) is 9.47. The van der Waals surface area contributed by atoms with Gasteiger partial charge in [-0.3, -0.25) is 0 Å². The van der Waals surface area contributed by atoms with E-state index in [0.29, 0.717) is 0 Å². The summed E-state index contributed by atoms with van der Waals surface area (Å²) < 4.78 is 40.1. The molecule has 1 aliphatic rings. The van der Waals surface area contributed by atoms with E-state index in [2.05, 4.69) is 45.6 Å². The third kappa shape index (κ3) is 5.82. The number of rotatable bonds is 10. The number of hydrogen-bond acceptors (Lipinski definition) is 2. The Labute approximate surface area is 209 Å². The molecule has 3 rings (SSSR count). The standard InChI is InChI=1S/C30H39F3N2/c1-6-11-24-25(12-7-2)27(14-9-4)35(29-21(5)15-10-20-34-29)28(26(24)13-8-3)22-16-18-23(19-17-22)30(31,32)33/h10,15-20,27H,6-9,11-14H2,1-5H3. The van der Waals surface area contributed by atoms with Gasteiger partial charge in [0.2, 0.25) is 0 Å². The summed E-state index contributed by atoms with van der Waals surface area (Å²) in [4.78, 5) is 7.17. The Bertz CT molecular complexity index is 1050. The molecule has 1 aromatic carbocycles. The van der Waals surface area contributed by atoms with Crippen molar-refractivity contribution in [3.8, 4) is 0 Å². The van der Waals surface area contributed by atoms with E-state index in [1.54, 1.807) is 12.1 Å². The van der Waals surface area contributed by atoms with Crippen LogP contribution in [-0.4, -0.2) is 11.0 Å². The Morgan fingerprint density at radius 2 is 1.46 bits per heavy atom. The van der Waals surface area contributed by atoms with Crippen molar-refractivity contribution in [3.63, 3.8) is 0 Å². The Kier molecular flexibility index (Phi) is 9.21. The van der Waals surface area contributed by atoms with Gasteiger partial charge < -0.3 is 4.90 Å². The molecule has 2 heterocycles. The van der Waals surface area contributed by atoms with Crippen LogP contribution in [0.1, 0.15) is 95.8 Å². The van der Waals surface area contributed by atoms with E-state index >= 15 is 0 Å². The molecular weight excluding hydrogens is 445 g/mol. The van der Waals surface area contributed by atoms with Crippen molar-refractivity contribution < 1.29 is 13.2 Å². The number of benzene rings is 1. The van der Waals surface area contributed by atoms with Crippen LogP contribution in [0.15, 0.2) is 59.3 Å². The molecule has 0 radical (unpaired) electrons. The first-order valence-corrected chi connectivity index (χ1v) is 13.1. The summed E-state index contributed by atoms with van der Waals surface area (Å²) in [6.07, 6.45) is 5.43. The van der Waals surface area contributed by atoms with Gasteiger partial charge in [-0.15, -0.1) is 0 Å². The van der Waals surface area contributed by atoms with Crippen LogP contribution in [0.4, 0.5) is 19.0 Å². The van der Waals surface area contributed by atoms with Gasteiger partial charge in [-0.1, -0.05) is 71.6 Å².